The smallest absolute Gasteiger partial charge is 0.410 e. The van der Waals surface area contributed by atoms with E-state index in [1.807, 2.05) is 43.3 Å². The van der Waals surface area contributed by atoms with Crippen molar-refractivity contribution in [2.24, 2.45) is 0 Å². The van der Waals surface area contributed by atoms with Gasteiger partial charge in [-0.05, 0) is 18.6 Å². The van der Waals surface area contributed by atoms with Crippen LogP contribution in [0.25, 0.3) is 11.4 Å². The van der Waals surface area contributed by atoms with Gasteiger partial charge in [0, 0.05) is 37.0 Å². The first-order chi connectivity index (χ1) is 20.6. The fourth-order valence-electron chi connectivity index (χ4n) is 4.49. The van der Waals surface area contributed by atoms with Gasteiger partial charge >= 0.3 is 13.7 Å². The number of hydrogen-bond acceptors (Lipinski definition) is 9. The van der Waals surface area contributed by atoms with Crippen LogP contribution < -0.4 is 16.0 Å². The molecule has 0 saturated carbocycles. The molecular weight excluding hydrogens is 575 g/mol. The normalized spacial score (nSPS) is 15.8. The second-order valence-electron chi connectivity index (χ2n) is 9.98. The first-order valence-corrected chi connectivity index (χ1v) is 15.7. The topological polar surface area (TPSA) is 183 Å². The van der Waals surface area contributed by atoms with E-state index in [9.17, 15) is 28.7 Å². The molecule has 1 fully saturated rings. The summed E-state index contributed by atoms with van der Waals surface area (Å²) >= 11 is 0. The number of carbonyl (C=O) groups excluding carboxylic acids is 3. The molecule has 2 heterocycles. The fraction of sp³-hybridized carbons (Fsp3) is 0.345. The molecule has 14 heteroatoms. The molecule has 1 aliphatic rings. The maximum atomic E-state index is 13.7. The number of nitrogens with zero attached hydrogens (tertiary/aromatic N) is 3. The molecule has 228 valence electrons. The van der Waals surface area contributed by atoms with E-state index in [0.717, 1.165) is 6.42 Å². The van der Waals surface area contributed by atoms with Crippen LogP contribution in [0.2, 0.25) is 0 Å². The molecule has 1 saturated heterocycles. The molecule has 0 spiro atoms. The molecule has 2 atom stereocenters. The van der Waals surface area contributed by atoms with E-state index in [2.05, 4.69) is 25.9 Å². The second kappa shape index (κ2) is 14.8. The predicted molar refractivity (Wildman–Crippen MR) is 160 cm³/mol. The first kappa shape index (κ1) is 31.8. The van der Waals surface area contributed by atoms with Crippen molar-refractivity contribution in [1.29, 1.82) is 0 Å². The van der Waals surface area contributed by atoms with Crippen LogP contribution in [-0.4, -0.2) is 86.9 Å². The molecule has 1 aliphatic heterocycles. The molecule has 2 amide bonds. The van der Waals surface area contributed by atoms with Crippen molar-refractivity contribution in [3.8, 4) is 11.4 Å². The first-order valence-electron chi connectivity index (χ1n) is 13.9. The third kappa shape index (κ3) is 9.16. The highest BCUT2D eigenvalue weighted by atomic mass is 31.2. The van der Waals surface area contributed by atoms with Crippen LogP contribution in [0, 0.1) is 0 Å². The van der Waals surface area contributed by atoms with Crippen LogP contribution in [0.1, 0.15) is 30.3 Å². The average molecular weight is 611 g/mol. The number of unbranched alkanes of at least 4 members (excludes halogenated alkanes) is 1. The zero-order valence-corrected chi connectivity index (χ0v) is 24.6. The monoisotopic (exact) mass is 610 g/mol. The van der Waals surface area contributed by atoms with Crippen molar-refractivity contribution in [3.63, 3.8) is 0 Å². The molecule has 4 rings (SSSR count). The standard InChI is InChI=1S/C29H35N6O7P/c1-2-3-16-42-29(38)35-15-14-30-18-24(35)26(36)23(19-43(39,40)41)33-28(37)22-17-25(31-21-12-8-5-9-13-21)34-27(32-22)20-10-6-4-7-11-20/h4-13,17,23-24,30H,2-3,14-16,18-19H2,1H3,(H,33,37)(H,31,32,34)(H2,39,40,41)/t23-,24?/m0/s1. The number of amides is 2. The van der Waals surface area contributed by atoms with Crippen molar-refractivity contribution in [1.82, 2.24) is 25.5 Å². The minimum Gasteiger partial charge on any atom is -0.449 e. The number of para-hydroxylation sites is 1. The Hall–Kier alpha value is -4.16. The summed E-state index contributed by atoms with van der Waals surface area (Å²) < 4.78 is 17.4. The van der Waals surface area contributed by atoms with E-state index in [0.29, 0.717) is 30.0 Å². The Bertz CT molecular complexity index is 1450. The van der Waals surface area contributed by atoms with Gasteiger partial charge in [0.15, 0.2) is 11.6 Å². The van der Waals surface area contributed by atoms with E-state index in [4.69, 9.17) is 4.74 Å². The van der Waals surface area contributed by atoms with Gasteiger partial charge in [-0.2, -0.15) is 0 Å². The number of carbonyl (C=O) groups is 3. The minimum atomic E-state index is -4.79. The zero-order chi connectivity index (χ0) is 30.8. The van der Waals surface area contributed by atoms with Crippen LogP contribution in [-0.2, 0) is 14.1 Å². The lowest BCUT2D eigenvalue weighted by molar-refractivity contribution is -0.125. The molecule has 0 aliphatic carbocycles. The number of rotatable bonds is 12. The zero-order valence-electron chi connectivity index (χ0n) is 23.7. The summed E-state index contributed by atoms with van der Waals surface area (Å²) in [5.74, 6) is -1.07. The Morgan fingerprint density at radius 1 is 1.09 bits per heavy atom. The maximum Gasteiger partial charge on any atom is 0.410 e. The van der Waals surface area contributed by atoms with Crippen LogP contribution >= 0.6 is 7.60 Å². The quantitative estimate of drug-likeness (QED) is 0.150. The third-order valence-electron chi connectivity index (χ3n) is 6.64. The van der Waals surface area contributed by atoms with Gasteiger partial charge in [-0.3, -0.25) is 19.1 Å². The lowest BCUT2D eigenvalue weighted by Gasteiger charge is -2.36. The Kier molecular flexibility index (Phi) is 11.0. The molecule has 3 aromatic rings. The Morgan fingerprint density at radius 3 is 2.47 bits per heavy atom. The Labute approximate surface area is 249 Å². The molecule has 0 radical (unpaired) electrons. The third-order valence-corrected chi connectivity index (χ3v) is 7.48. The molecule has 43 heavy (non-hydrogen) atoms. The molecule has 5 N–H and O–H groups in total. The summed E-state index contributed by atoms with van der Waals surface area (Å²) in [5.41, 5.74) is 1.20. The summed E-state index contributed by atoms with van der Waals surface area (Å²) in [7, 11) is -4.79. The molecule has 0 bridgehead atoms. The van der Waals surface area contributed by atoms with Crippen LogP contribution in [0.5, 0.6) is 0 Å². The minimum absolute atomic E-state index is 0.0338. The number of aromatic nitrogens is 2. The average Bonchev–Trinajstić information content (AvgIpc) is 3.00. The van der Waals surface area contributed by atoms with Gasteiger partial charge in [0.2, 0.25) is 0 Å². The molecule has 1 aromatic heterocycles. The summed E-state index contributed by atoms with van der Waals surface area (Å²) in [6.07, 6.45) is -0.197. The second-order valence-corrected chi connectivity index (χ2v) is 11.7. The lowest BCUT2D eigenvalue weighted by atomic mass is 10.0. The Morgan fingerprint density at radius 2 is 1.79 bits per heavy atom. The maximum absolute atomic E-state index is 13.7. The van der Waals surface area contributed by atoms with E-state index in [-0.39, 0.29) is 31.2 Å². The summed E-state index contributed by atoms with van der Waals surface area (Å²) in [6, 6.07) is 16.7. The number of ether oxygens (including phenoxy) is 1. The highest BCUT2D eigenvalue weighted by molar-refractivity contribution is 7.51. The number of Topliss-reactive ketones (excluding diaryl/α,β-unsaturated/α-hetero) is 1. The van der Waals surface area contributed by atoms with Gasteiger partial charge in [0.1, 0.15) is 23.6 Å². The predicted octanol–water partition coefficient (Wildman–Crippen LogP) is 2.94. The molecule has 1 unspecified atom stereocenters. The number of hydrogen-bond donors (Lipinski definition) is 5. The van der Waals surface area contributed by atoms with Crippen molar-refractivity contribution < 1.29 is 33.5 Å². The van der Waals surface area contributed by atoms with E-state index in [1.165, 1.54) is 11.0 Å². The van der Waals surface area contributed by atoms with Gasteiger partial charge in [0.25, 0.3) is 5.91 Å². The van der Waals surface area contributed by atoms with Crippen molar-refractivity contribution >= 4 is 36.9 Å². The highest BCUT2D eigenvalue weighted by Gasteiger charge is 2.40. The van der Waals surface area contributed by atoms with Crippen molar-refractivity contribution in [2.75, 3.05) is 37.7 Å². The van der Waals surface area contributed by atoms with Gasteiger partial charge in [0.05, 0.1) is 12.8 Å². The fourth-order valence-corrected chi connectivity index (χ4v) is 5.23. The van der Waals surface area contributed by atoms with E-state index in [1.54, 1.807) is 24.3 Å². The lowest BCUT2D eigenvalue weighted by Crippen LogP contribution is -2.61. The Balaban J connectivity index is 1.62. The summed E-state index contributed by atoms with van der Waals surface area (Å²) in [6.45, 7) is 2.72. The van der Waals surface area contributed by atoms with E-state index < -0.39 is 43.6 Å². The number of benzene rings is 2. The summed E-state index contributed by atoms with van der Waals surface area (Å²) in [5, 5.41) is 8.61. The highest BCUT2D eigenvalue weighted by Crippen LogP contribution is 2.35. The molecule has 13 nitrogen and oxygen atoms in total. The number of nitrogens with one attached hydrogen (secondary N) is 3. The van der Waals surface area contributed by atoms with Gasteiger partial charge in [-0.25, -0.2) is 14.8 Å². The number of ketones is 1. The SMILES string of the molecule is CCCCOC(=O)N1CCNCC1C(=O)[C@H](CP(=O)(O)O)NC(=O)c1cc(Nc2ccccc2)nc(-c2ccccc2)n1. The van der Waals surface area contributed by atoms with Crippen LogP contribution in [0.15, 0.2) is 66.7 Å². The van der Waals surface area contributed by atoms with Crippen molar-refractivity contribution in [2.45, 2.75) is 31.8 Å². The van der Waals surface area contributed by atoms with Gasteiger partial charge in [-0.1, -0.05) is 61.9 Å². The van der Waals surface area contributed by atoms with Crippen LogP contribution in [0.4, 0.5) is 16.3 Å². The summed E-state index contributed by atoms with van der Waals surface area (Å²) in [4.78, 5) is 69.7. The largest absolute Gasteiger partial charge is 0.449 e. The number of anilines is 2. The number of piperazine rings is 1. The van der Waals surface area contributed by atoms with Gasteiger partial charge in [-0.15, -0.1) is 0 Å². The molecule has 2 aromatic carbocycles. The van der Waals surface area contributed by atoms with Crippen molar-refractivity contribution in [3.05, 3.63) is 72.4 Å². The van der Waals surface area contributed by atoms with Gasteiger partial charge < -0.3 is 30.5 Å². The molecular formula is C29H35N6O7P. The van der Waals surface area contributed by atoms with E-state index >= 15 is 0 Å². The van der Waals surface area contributed by atoms with Crippen LogP contribution in [0.3, 0.4) is 0 Å².